The third-order valence-electron chi connectivity index (χ3n) is 5.34. The summed E-state index contributed by atoms with van der Waals surface area (Å²) in [6.07, 6.45) is 0. The van der Waals surface area contributed by atoms with Crippen LogP contribution in [0.15, 0.2) is 82.8 Å². The number of carbonyl (C=O) groups excluding carboxylic acids is 2. The molecular formula is C25H20BrNO5. The van der Waals surface area contributed by atoms with Crippen LogP contribution < -0.4 is 14.4 Å². The maximum absolute atomic E-state index is 13.1. The second-order valence-electron chi connectivity index (χ2n) is 7.13. The minimum atomic E-state index is -0.802. The van der Waals surface area contributed by atoms with Crippen LogP contribution in [0.5, 0.6) is 11.5 Å². The molecule has 3 aromatic rings. The van der Waals surface area contributed by atoms with E-state index in [2.05, 4.69) is 15.9 Å². The van der Waals surface area contributed by atoms with Crippen molar-refractivity contribution in [2.75, 3.05) is 19.1 Å². The Balaban J connectivity index is 1.92. The lowest BCUT2D eigenvalue weighted by Crippen LogP contribution is -2.29. The minimum absolute atomic E-state index is 0.0149. The van der Waals surface area contributed by atoms with Crippen LogP contribution in [0.4, 0.5) is 5.69 Å². The number of Topliss-reactive ketones (excluding diaryl/α,β-unsaturated/α-hetero) is 1. The number of halogens is 1. The van der Waals surface area contributed by atoms with Gasteiger partial charge in [-0.15, -0.1) is 0 Å². The molecule has 1 amide bonds. The van der Waals surface area contributed by atoms with Crippen molar-refractivity contribution in [3.05, 3.63) is 94.0 Å². The van der Waals surface area contributed by atoms with E-state index in [0.29, 0.717) is 32.8 Å². The standard InChI is InChI=1S/C25H20BrNO5/c1-31-18-11-8-15(9-12-18)22-21(23(28)16-10-13-20(32-2)19(26)14-16)24(29)25(30)27(22)17-6-4-3-5-7-17/h3-14,22,28H,1-2H3/b23-21-. The van der Waals surface area contributed by atoms with E-state index in [0.717, 1.165) is 0 Å². The highest BCUT2D eigenvalue weighted by molar-refractivity contribution is 9.10. The highest BCUT2D eigenvalue weighted by atomic mass is 79.9. The van der Waals surface area contributed by atoms with Crippen LogP contribution in [0.2, 0.25) is 0 Å². The SMILES string of the molecule is COc1ccc(C2/C(=C(/O)c3ccc(OC)c(Br)c3)C(=O)C(=O)N2c2ccccc2)cc1. The molecule has 6 nitrogen and oxygen atoms in total. The first kappa shape index (κ1) is 21.6. The first-order valence-electron chi connectivity index (χ1n) is 9.80. The van der Waals surface area contributed by atoms with Gasteiger partial charge >= 0.3 is 0 Å². The van der Waals surface area contributed by atoms with Crippen molar-refractivity contribution in [3.63, 3.8) is 0 Å². The Labute approximate surface area is 193 Å². The Morgan fingerprint density at radius 2 is 1.62 bits per heavy atom. The number of ether oxygens (including phenoxy) is 2. The van der Waals surface area contributed by atoms with Gasteiger partial charge in [0.2, 0.25) is 0 Å². The fourth-order valence-electron chi connectivity index (χ4n) is 3.76. The lowest BCUT2D eigenvalue weighted by molar-refractivity contribution is -0.132. The lowest BCUT2D eigenvalue weighted by atomic mass is 9.95. The molecule has 4 rings (SSSR count). The van der Waals surface area contributed by atoms with Gasteiger partial charge in [-0.05, 0) is 64.0 Å². The smallest absolute Gasteiger partial charge is 0.300 e. The Kier molecular flexibility index (Phi) is 6.01. The highest BCUT2D eigenvalue weighted by Gasteiger charge is 2.46. The summed E-state index contributed by atoms with van der Waals surface area (Å²) in [5.41, 5.74) is 1.64. The minimum Gasteiger partial charge on any atom is -0.507 e. The molecule has 3 aromatic carbocycles. The monoisotopic (exact) mass is 493 g/mol. The number of rotatable bonds is 5. The largest absolute Gasteiger partial charge is 0.507 e. The molecule has 0 spiro atoms. The molecule has 0 aromatic heterocycles. The number of aliphatic hydroxyl groups excluding tert-OH is 1. The Bertz CT molecular complexity index is 1200. The van der Waals surface area contributed by atoms with Crippen LogP contribution in [0.25, 0.3) is 5.76 Å². The van der Waals surface area contributed by atoms with Gasteiger partial charge in [0.15, 0.2) is 0 Å². The van der Waals surface area contributed by atoms with Crippen LogP contribution in [0, 0.1) is 0 Å². The summed E-state index contributed by atoms with van der Waals surface area (Å²) in [4.78, 5) is 27.7. The van der Waals surface area contributed by atoms with Crippen molar-refractivity contribution in [1.82, 2.24) is 0 Å². The number of carbonyl (C=O) groups is 2. The van der Waals surface area contributed by atoms with Crippen molar-refractivity contribution in [2.45, 2.75) is 6.04 Å². The number of ketones is 1. The molecule has 162 valence electrons. The normalized spacial score (nSPS) is 17.5. The van der Waals surface area contributed by atoms with Gasteiger partial charge in [0.1, 0.15) is 17.3 Å². The molecule has 0 saturated carbocycles. The molecule has 0 radical (unpaired) electrons. The lowest BCUT2D eigenvalue weighted by Gasteiger charge is -2.25. The number of hydrogen-bond acceptors (Lipinski definition) is 5. The third kappa shape index (κ3) is 3.76. The van der Waals surface area contributed by atoms with Gasteiger partial charge in [-0.1, -0.05) is 30.3 Å². The molecule has 1 fully saturated rings. The van der Waals surface area contributed by atoms with Crippen molar-refractivity contribution in [2.24, 2.45) is 0 Å². The van der Waals surface area contributed by atoms with Gasteiger partial charge in [-0.3, -0.25) is 14.5 Å². The highest BCUT2D eigenvalue weighted by Crippen LogP contribution is 2.43. The third-order valence-corrected chi connectivity index (χ3v) is 5.96. The van der Waals surface area contributed by atoms with E-state index >= 15 is 0 Å². The van der Waals surface area contributed by atoms with Crippen molar-refractivity contribution in [1.29, 1.82) is 0 Å². The topological polar surface area (TPSA) is 76.1 Å². The Morgan fingerprint density at radius 1 is 0.938 bits per heavy atom. The maximum Gasteiger partial charge on any atom is 0.300 e. The van der Waals surface area contributed by atoms with E-state index in [9.17, 15) is 14.7 Å². The summed E-state index contributed by atoms with van der Waals surface area (Å²) in [5.74, 6) is -0.487. The summed E-state index contributed by atoms with van der Waals surface area (Å²) in [6, 6.07) is 20.2. The van der Waals surface area contributed by atoms with E-state index in [4.69, 9.17) is 9.47 Å². The number of aliphatic hydroxyl groups is 1. The quantitative estimate of drug-likeness (QED) is 0.304. The van der Waals surface area contributed by atoms with Gasteiger partial charge in [0, 0.05) is 11.3 Å². The van der Waals surface area contributed by atoms with Gasteiger partial charge < -0.3 is 14.6 Å². The van der Waals surface area contributed by atoms with Crippen LogP contribution in [0.1, 0.15) is 17.2 Å². The van der Waals surface area contributed by atoms with E-state index < -0.39 is 17.7 Å². The number of anilines is 1. The Morgan fingerprint density at radius 3 is 2.22 bits per heavy atom. The molecule has 1 aliphatic heterocycles. The Hall–Kier alpha value is -3.58. The molecule has 1 saturated heterocycles. The zero-order valence-electron chi connectivity index (χ0n) is 17.4. The molecule has 0 aliphatic carbocycles. The average Bonchev–Trinajstić information content (AvgIpc) is 3.09. The number of hydrogen-bond donors (Lipinski definition) is 1. The van der Waals surface area contributed by atoms with Gasteiger partial charge in [-0.2, -0.15) is 0 Å². The van der Waals surface area contributed by atoms with E-state index in [1.807, 2.05) is 6.07 Å². The van der Waals surface area contributed by atoms with Gasteiger partial charge in [0.05, 0.1) is 30.3 Å². The molecule has 1 atom stereocenters. The van der Waals surface area contributed by atoms with Crippen LogP contribution in [-0.2, 0) is 9.59 Å². The fourth-order valence-corrected chi connectivity index (χ4v) is 4.30. The van der Waals surface area contributed by atoms with Crippen LogP contribution in [0.3, 0.4) is 0 Å². The van der Waals surface area contributed by atoms with Gasteiger partial charge in [-0.25, -0.2) is 0 Å². The van der Waals surface area contributed by atoms with E-state index in [1.54, 1.807) is 73.8 Å². The molecule has 32 heavy (non-hydrogen) atoms. The first-order valence-corrected chi connectivity index (χ1v) is 10.6. The molecule has 0 bridgehead atoms. The summed E-state index contributed by atoms with van der Waals surface area (Å²) in [7, 11) is 3.10. The van der Waals surface area contributed by atoms with E-state index in [-0.39, 0.29) is 11.3 Å². The molecule has 1 N–H and O–H groups in total. The molecule has 1 aliphatic rings. The molecular weight excluding hydrogens is 474 g/mol. The number of benzene rings is 3. The maximum atomic E-state index is 13.1. The summed E-state index contributed by atoms with van der Waals surface area (Å²) in [5, 5.41) is 11.2. The van der Waals surface area contributed by atoms with Crippen LogP contribution >= 0.6 is 15.9 Å². The predicted molar refractivity (Wildman–Crippen MR) is 125 cm³/mol. The molecule has 1 unspecified atom stereocenters. The number of amides is 1. The average molecular weight is 494 g/mol. The molecule has 1 heterocycles. The fraction of sp³-hybridized carbons (Fsp3) is 0.120. The van der Waals surface area contributed by atoms with Crippen molar-refractivity contribution in [3.8, 4) is 11.5 Å². The van der Waals surface area contributed by atoms with E-state index in [1.165, 1.54) is 12.0 Å². The number of nitrogens with zero attached hydrogens (tertiary/aromatic N) is 1. The van der Waals surface area contributed by atoms with Gasteiger partial charge in [0.25, 0.3) is 11.7 Å². The second-order valence-corrected chi connectivity index (χ2v) is 7.98. The number of methoxy groups -OCH3 is 2. The van der Waals surface area contributed by atoms with Crippen molar-refractivity contribution < 1.29 is 24.2 Å². The first-order chi connectivity index (χ1) is 15.5. The second kappa shape index (κ2) is 8.88. The summed E-state index contributed by atoms with van der Waals surface area (Å²) >= 11 is 3.40. The number of para-hydroxylation sites is 1. The zero-order valence-corrected chi connectivity index (χ0v) is 19.0. The summed E-state index contributed by atoms with van der Waals surface area (Å²) < 4.78 is 11.1. The predicted octanol–water partition coefficient (Wildman–Crippen LogP) is 5.09. The zero-order chi connectivity index (χ0) is 22.8. The van der Waals surface area contributed by atoms with Crippen LogP contribution in [-0.4, -0.2) is 31.0 Å². The summed E-state index contributed by atoms with van der Waals surface area (Å²) in [6.45, 7) is 0. The molecule has 7 heteroatoms. The van der Waals surface area contributed by atoms with Crippen molar-refractivity contribution >= 4 is 39.1 Å².